The highest BCUT2D eigenvalue weighted by atomic mass is 28.3. The Labute approximate surface area is 62.8 Å². The first kappa shape index (κ1) is 9.17. The third kappa shape index (κ3) is 6.05. The van der Waals surface area contributed by atoms with Gasteiger partial charge in [-0.15, -0.1) is 6.58 Å². The Morgan fingerprint density at radius 3 is 2.78 bits per heavy atom. The summed E-state index contributed by atoms with van der Waals surface area (Å²) in [6, 6.07) is 3.66. The van der Waals surface area contributed by atoms with E-state index in [-0.39, 0.29) is 8.80 Å². The van der Waals surface area contributed by atoms with Crippen LogP contribution >= 0.6 is 0 Å². The minimum atomic E-state index is -0.332. The standard InChI is InChI=1S/C7H16Si2/c1-4-6-9(3)7-8-5-2/h4-5,8-9H,1,6-7H2,2-3H3. The largest absolute Gasteiger partial charge is 0.103 e. The molecule has 2 radical (unpaired) electrons. The summed E-state index contributed by atoms with van der Waals surface area (Å²) in [6.07, 6.45) is 2.08. The minimum Gasteiger partial charge on any atom is -0.103 e. The Hall–Kier alpha value is 0.174. The lowest BCUT2D eigenvalue weighted by atomic mass is 10.8. The quantitative estimate of drug-likeness (QED) is 0.419. The molecule has 0 N–H and O–H groups in total. The molecule has 2 heteroatoms. The third-order valence-electron chi connectivity index (χ3n) is 1.34. The molecular weight excluding hydrogens is 140 g/mol. The third-order valence-corrected chi connectivity index (χ3v) is 7.26. The van der Waals surface area contributed by atoms with E-state index in [1.54, 1.807) is 0 Å². The van der Waals surface area contributed by atoms with Crippen LogP contribution in [0.15, 0.2) is 12.7 Å². The maximum Gasteiger partial charge on any atom is 0.0344 e. The average Bonchev–Trinajstić information content (AvgIpc) is 1.85. The molecule has 0 amide bonds. The van der Waals surface area contributed by atoms with Crippen LogP contribution in [0.3, 0.4) is 0 Å². The molecule has 0 aliphatic heterocycles. The lowest BCUT2D eigenvalue weighted by Crippen LogP contribution is -2.08. The van der Waals surface area contributed by atoms with Crippen LogP contribution < -0.4 is 0 Å². The van der Waals surface area contributed by atoms with Gasteiger partial charge in [0.05, 0.1) is 0 Å². The average molecular weight is 156 g/mol. The molecule has 0 spiro atoms. The van der Waals surface area contributed by atoms with E-state index in [1.165, 1.54) is 11.7 Å². The topological polar surface area (TPSA) is 0 Å². The number of allylic oxidation sites excluding steroid dienone is 1. The van der Waals surface area contributed by atoms with Crippen molar-refractivity contribution in [2.24, 2.45) is 0 Å². The van der Waals surface area contributed by atoms with Crippen molar-refractivity contribution in [2.45, 2.75) is 25.2 Å². The van der Waals surface area contributed by atoms with E-state index in [9.17, 15) is 0 Å². The van der Waals surface area contributed by atoms with Gasteiger partial charge in [-0.3, -0.25) is 0 Å². The Balaban J connectivity index is 3.04. The van der Waals surface area contributed by atoms with Crippen molar-refractivity contribution in [1.29, 1.82) is 0 Å². The van der Waals surface area contributed by atoms with Crippen LogP contribution in [0.5, 0.6) is 0 Å². The molecule has 0 aliphatic carbocycles. The van der Waals surface area contributed by atoms with Crippen molar-refractivity contribution in [1.82, 2.24) is 0 Å². The maximum atomic E-state index is 3.74. The normalized spacial score (nSPS) is 13.1. The fraction of sp³-hybridized carbons (Fsp3) is 0.571. The molecule has 0 aromatic carbocycles. The maximum absolute atomic E-state index is 3.74. The number of rotatable bonds is 5. The van der Waals surface area contributed by atoms with Gasteiger partial charge in [0, 0.05) is 18.3 Å². The molecule has 0 fully saturated rings. The molecular formula is C7H16Si2. The van der Waals surface area contributed by atoms with E-state index in [1.807, 2.05) is 0 Å². The van der Waals surface area contributed by atoms with Gasteiger partial charge in [-0.1, -0.05) is 31.3 Å². The van der Waals surface area contributed by atoms with Crippen molar-refractivity contribution in [3.8, 4) is 0 Å². The smallest absolute Gasteiger partial charge is 0.0344 e. The van der Waals surface area contributed by atoms with Crippen molar-refractivity contribution in [3.63, 3.8) is 0 Å². The van der Waals surface area contributed by atoms with Gasteiger partial charge >= 0.3 is 0 Å². The molecule has 0 aromatic rings. The fourth-order valence-electron chi connectivity index (χ4n) is 0.749. The van der Waals surface area contributed by atoms with Crippen LogP contribution in [0.1, 0.15) is 6.92 Å². The van der Waals surface area contributed by atoms with E-state index >= 15 is 0 Å². The van der Waals surface area contributed by atoms with Crippen molar-refractivity contribution >= 4 is 18.3 Å². The summed E-state index contributed by atoms with van der Waals surface area (Å²) in [6.45, 7) is 8.34. The Morgan fingerprint density at radius 2 is 2.33 bits per heavy atom. The zero-order valence-corrected chi connectivity index (χ0v) is 8.74. The highest BCUT2D eigenvalue weighted by Crippen LogP contribution is 1.98. The SMILES string of the molecule is C=CC[SiH](C)C[SiH][CH]C. The summed E-state index contributed by atoms with van der Waals surface area (Å²) in [7, 11) is 0.336. The zero-order chi connectivity index (χ0) is 7.11. The van der Waals surface area contributed by atoms with Crippen molar-refractivity contribution in [3.05, 3.63) is 18.7 Å². The predicted octanol–water partition coefficient (Wildman–Crippen LogP) is 1.60. The summed E-state index contributed by atoms with van der Waals surface area (Å²) in [4.78, 5) is 0. The summed E-state index contributed by atoms with van der Waals surface area (Å²) in [5, 5.41) is 0. The van der Waals surface area contributed by atoms with E-state index in [0.717, 1.165) is 0 Å². The van der Waals surface area contributed by atoms with Crippen LogP contribution in [-0.2, 0) is 0 Å². The zero-order valence-electron chi connectivity index (χ0n) is 6.43. The monoisotopic (exact) mass is 156 g/mol. The summed E-state index contributed by atoms with van der Waals surface area (Å²) < 4.78 is 0. The lowest BCUT2D eigenvalue weighted by molar-refractivity contribution is 1.57. The Morgan fingerprint density at radius 1 is 1.67 bits per heavy atom. The molecule has 0 aliphatic rings. The Kier molecular flexibility index (Phi) is 6.42. The molecule has 0 bridgehead atoms. The highest BCUT2D eigenvalue weighted by Gasteiger charge is 1.98. The van der Waals surface area contributed by atoms with E-state index < -0.39 is 0 Å². The fourth-order valence-corrected chi connectivity index (χ4v) is 5.04. The van der Waals surface area contributed by atoms with Crippen molar-refractivity contribution in [2.75, 3.05) is 0 Å². The predicted molar refractivity (Wildman–Crippen MR) is 49.9 cm³/mol. The summed E-state index contributed by atoms with van der Waals surface area (Å²) in [5.74, 6) is 0. The van der Waals surface area contributed by atoms with Crippen LogP contribution in [0.4, 0.5) is 0 Å². The second-order valence-corrected chi connectivity index (χ2v) is 8.14. The van der Waals surface area contributed by atoms with Crippen LogP contribution in [0, 0.1) is 6.04 Å². The molecule has 0 saturated carbocycles. The highest BCUT2D eigenvalue weighted by molar-refractivity contribution is 6.69. The van der Waals surface area contributed by atoms with Gasteiger partial charge < -0.3 is 0 Å². The van der Waals surface area contributed by atoms with Crippen LogP contribution in [-0.4, -0.2) is 18.3 Å². The molecule has 1 atom stereocenters. The molecule has 0 nitrogen and oxygen atoms in total. The second-order valence-electron chi connectivity index (χ2n) is 2.43. The van der Waals surface area contributed by atoms with Crippen molar-refractivity contribution < 1.29 is 0 Å². The van der Waals surface area contributed by atoms with Gasteiger partial charge in [-0.2, -0.15) is 0 Å². The Bertz CT molecular complexity index is 71.3. The summed E-state index contributed by atoms with van der Waals surface area (Å²) in [5.41, 5.74) is 1.53. The first-order valence-corrected chi connectivity index (χ1v) is 7.80. The molecule has 52 valence electrons. The molecule has 1 unspecified atom stereocenters. The van der Waals surface area contributed by atoms with Crippen LogP contribution in [0.25, 0.3) is 0 Å². The van der Waals surface area contributed by atoms with Gasteiger partial charge in [-0.25, -0.2) is 0 Å². The van der Waals surface area contributed by atoms with E-state index in [4.69, 9.17) is 0 Å². The van der Waals surface area contributed by atoms with Crippen LogP contribution in [0.2, 0.25) is 18.3 Å². The molecule has 9 heavy (non-hydrogen) atoms. The van der Waals surface area contributed by atoms with E-state index in [2.05, 4.69) is 32.2 Å². The second kappa shape index (κ2) is 6.30. The summed E-state index contributed by atoms with van der Waals surface area (Å²) >= 11 is 0. The number of hydrogen-bond acceptors (Lipinski definition) is 0. The minimum absolute atomic E-state index is 0.332. The molecule has 0 saturated heterocycles. The molecule has 0 aromatic heterocycles. The first-order valence-electron chi connectivity index (χ1n) is 3.53. The first-order chi connectivity index (χ1) is 4.31. The van der Waals surface area contributed by atoms with Gasteiger partial charge in [-0.05, 0) is 6.04 Å². The molecule has 0 rings (SSSR count). The van der Waals surface area contributed by atoms with E-state index in [0.29, 0.717) is 9.52 Å². The van der Waals surface area contributed by atoms with Gasteiger partial charge in [0.15, 0.2) is 0 Å². The van der Waals surface area contributed by atoms with Gasteiger partial charge in [0.25, 0.3) is 0 Å². The number of hydrogen-bond donors (Lipinski definition) is 0. The van der Waals surface area contributed by atoms with Gasteiger partial charge in [0.1, 0.15) is 0 Å². The lowest BCUT2D eigenvalue weighted by Gasteiger charge is -2.02. The van der Waals surface area contributed by atoms with Gasteiger partial charge in [0.2, 0.25) is 0 Å². The molecule has 0 heterocycles.